The lowest BCUT2D eigenvalue weighted by molar-refractivity contribution is 0.310. The summed E-state index contributed by atoms with van der Waals surface area (Å²) in [5, 5.41) is 17.0. The fraction of sp³-hybridized carbons (Fsp3) is 0.222. The Morgan fingerprint density at radius 2 is 2.04 bits per heavy atom. The van der Waals surface area contributed by atoms with Gasteiger partial charge in [-0.15, -0.1) is 0 Å². The summed E-state index contributed by atoms with van der Waals surface area (Å²) >= 11 is 3.37. The van der Waals surface area contributed by atoms with Gasteiger partial charge < -0.3 is 20.3 Å². The summed E-state index contributed by atoms with van der Waals surface area (Å²) in [5.74, 6) is 2.19. The number of phenolic OH excluding ortho intramolecular Hbond substituents is 1. The quantitative estimate of drug-likeness (QED) is 0.566. The van der Waals surface area contributed by atoms with Crippen LogP contribution in [0.15, 0.2) is 40.9 Å². The van der Waals surface area contributed by atoms with Crippen LogP contribution >= 0.6 is 15.9 Å². The van der Waals surface area contributed by atoms with Gasteiger partial charge in [0.15, 0.2) is 17.3 Å². The monoisotopic (exact) mass is 418 g/mol. The van der Waals surface area contributed by atoms with E-state index in [1.165, 1.54) is 0 Å². The van der Waals surface area contributed by atoms with Gasteiger partial charge in [0, 0.05) is 4.47 Å². The summed E-state index contributed by atoms with van der Waals surface area (Å²) in [6, 6.07) is 10.0. The van der Waals surface area contributed by atoms with Gasteiger partial charge in [0.05, 0.1) is 25.3 Å². The zero-order valence-electron chi connectivity index (χ0n) is 14.4. The molecule has 0 bridgehead atoms. The maximum absolute atomic E-state index is 10.0. The molecule has 0 aliphatic carbocycles. The van der Waals surface area contributed by atoms with Gasteiger partial charge in [-0.05, 0) is 42.8 Å². The number of benzene rings is 2. The number of nitrogens with two attached hydrogens (primary N) is 1. The topological polar surface area (TPSA) is 106 Å². The van der Waals surface area contributed by atoms with Crippen LogP contribution in [0.25, 0.3) is 11.4 Å². The molecule has 0 saturated carbocycles. The van der Waals surface area contributed by atoms with Crippen molar-refractivity contribution < 1.29 is 14.6 Å². The van der Waals surface area contributed by atoms with Crippen molar-refractivity contribution >= 4 is 15.9 Å². The zero-order chi connectivity index (χ0) is 18.7. The van der Waals surface area contributed by atoms with E-state index in [4.69, 9.17) is 15.2 Å². The van der Waals surface area contributed by atoms with Gasteiger partial charge >= 0.3 is 0 Å². The maximum atomic E-state index is 10.0. The molecule has 0 radical (unpaired) electrons. The third kappa shape index (κ3) is 3.66. The molecule has 3 aromatic rings. The van der Waals surface area contributed by atoms with E-state index in [1.54, 1.807) is 25.3 Å². The second kappa shape index (κ2) is 7.76. The van der Waals surface area contributed by atoms with Crippen LogP contribution in [0.4, 0.5) is 0 Å². The molecule has 4 N–H and O–H groups in total. The first-order chi connectivity index (χ1) is 12.5. The van der Waals surface area contributed by atoms with Crippen molar-refractivity contribution in [3.63, 3.8) is 0 Å². The second-order valence-electron chi connectivity index (χ2n) is 5.53. The Morgan fingerprint density at radius 3 is 2.77 bits per heavy atom. The largest absolute Gasteiger partial charge is 0.507 e. The van der Waals surface area contributed by atoms with Crippen molar-refractivity contribution in [3.05, 3.63) is 52.3 Å². The second-order valence-corrected chi connectivity index (χ2v) is 6.44. The Hall–Kier alpha value is -2.58. The summed E-state index contributed by atoms with van der Waals surface area (Å²) in [4.78, 5) is 4.43. The molecule has 0 unspecified atom stereocenters. The number of nitrogens with zero attached hydrogens (tertiary/aromatic N) is 2. The highest BCUT2D eigenvalue weighted by Crippen LogP contribution is 2.33. The number of methoxy groups -OCH3 is 1. The number of aromatic amines is 1. The van der Waals surface area contributed by atoms with Crippen molar-refractivity contribution in [2.24, 2.45) is 5.73 Å². The molecule has 0 amide bonds. The fourth-order valence-corrected chi connectivity index (χ4v) is 2.89. The number of ether oxygens (including phenoxy) is 2. The van der Waals surface area contributed by atoms with Crippen molar-refractivity contribution in [1.82, 2.24) is 15.2 Å². The predicted molar refractivity (Wildman–Crippen MR) is 101 cm³/mol. The Bertz CT molecular complexity index is 913. The van der Waals surface area contributed by atoms with Crippen LogP contribution in [0.3, 0.4) is 0 Å². The number of phenols is 1. The molecule has 0 fully saturated rings. The van der Waals surface area contributed by atoms with E-state index in [2.05, 4.69) is 31.1 Å². The number of halogens is 1. The Balaban J connectivity index is 1.90. The minimum atomic E-state index is -0.532. The number of hydrogen-bond donors (Lipinski definition) is 3. The lowest BCUT2D eigenvalue weighted by Crippen LogP contribution is -2.14. The minimum absolute atomic E-state index is 0.0926. The van der Waals surface area contributed by atoms with Crippen LogP contribution in [-0.2, 0) is 0 Å². The number of H-pyrrole nitrogens is 1. The van der Waals surface area contributed by atoms with E-state index in [-0.39, 0.29) is 5.75 Å². The first-order valence-electron chi connectivity index (χ1n) is 8.01. The Kier molecular flexibility index (Phi) is 5.43. The first kappa shape index (κ1) is 18.2. The van der Waals surface area contributed by atoms with E-state index in [1.807, 2.05) is 25.1 Å². The Labute approximate surface area is 159 Å². The smallest absolute Gasteiger partial charge is 0.184 e. The molecule has 0 aliphatic heterocycles. The van der Waals surface area contributed by atoms with Crippen molar-refractivity contribution in [2.45, 2.75) is 13.0 Å². The molecular weight excluding hydrogens is 400 g/mol. The zero-order valence-corrected chi connectivity index (χ0v) is 15.9. The molecule has 1 heterocycles. The van der Waals surface area contributed by atoms with Gasteiger partial charge in [-0.25, -0.2) is 4.98 Å². The molecule has 0 saturated heterocycles. The normalized spacial score (nSPS) is 12.0. The van der Waals surface area contributed by atoms with E-state index in [0.29, 0.717) is 35.3 Å². The van der Waals surface area contributed by atoms with E-state index in [0.717, 1.165) is 10.0 Å². The number of hydrogen-bond acceptors (Lipinski definition) is 6. The van der Waals surface area contributed by atoms with Crippen molar-refractivity contribution in [3.8, 4) is 28.6 Å². The summed E-state index contributed by atoms with van der Waals surface area (Å²) < 4.78 is 11.7. The summed E-state index contributed by atoms with van der Waals surface area (Å²) in [6.45, 7) is 2.45. The maximum Gasteiger partial charge on any atom is 0.184 e. The van der Waals surface area contributed by atoms with E-state index >= 15 is 0 Å². The summed E-state index contributed by atoms with van der Waals surface area (Å²) in [5.41, 5.74) is 7.63. The molecule has 1 atom stereocenters. The Morgan fingerprint density at radius 1 is 1.23 bits per heavy atom. The third-order valence-corrected chi connectivity index (χ3v) is 4.34. The number of rotatable bonds is 6. The van der Waals surface area contributed by atoms with Gasteiger partial charge in [-0.1, -0.05) is 22.0 Å². The predicted octanol–water partition coefficient (Wildman–Crippen LogP) is 3.40. The average Bonchev–Trinajstić information content (AvgIpc) is 3.13. The molecule has 26 heavy (non-hydrogen) atoms. The lowest BCUT2D eigenvalue weighted by atomic mass is 10.1. The molecule has 136 valence electrons. The van der Waals surface area contributed by atoms with Gasteiger partial charge in [0.25, 0.3) is 0 Å². The SMILES string of the molecule is CCOc1ccc([C@H](N)c2nc(-c3cc(Br)ccc3O)n[nH]2)cc1OC. The van der Waals surface area contributed by atoms with Crippen LogP contribution in [0, 0.1) is 0 Å². The minimum Gasteiger partial charge on any atom is -0.507 e. The summed E-state index contributed by atoms with van der Waals surface area (Å²) in [7, 11) is 1.58. The van der Waals surface area contributed by atoms with Crippen LogP contribution in [0.5, 0.6) is 17.2 Å². The van der Waals surface area contributed by atoms with Gasteiger partial charge in [-0.2, -0.15) is 5.10 Å². The highest BCUT2D eigenvalue weighted by molar-refractivity contribution is 9.10. The molecule has 2 aromatic carbocycles. The van der Waals surface area contributed by atoms with E-state index in [9.17, 15) is 5.11 Å². The number of aromatic hydroxyl groups is 1. The van der Waals surface area contributed by atoms with Crippen LogP contribution in [-0.4, -0.2) is 34.0 Å². The summed E-state index contributed by atoms with van der Waals surface area (Å²) in [6.07, 6.45) is 0. The van der Waals surface area contributed by atoms with Crippen LogP contribution in [0.2, 0.25) is 0 Å². The first-order valence-corrected chi connectivity index (χ1v) is 8.80. The fourth-order valence-electron chi connectivity index (χ4n) is 2.53. The van der Waals surface area contributed by atoms with Gasteiger partial charge in [0.2, 0.25) is 0 Å². The highest BCUT2D eigenvalue weighted by Gasteiger charge is 2.18. The molecule has 1 aromatic heterocycles. The molecule has 8 heteroatoms. The van der Waals surface area contributed by atoms with Crippen LogP contribution < -0.4 is 15.2 Å². The lowest BCUT2D eigenvalue weighted by Gasteiger charge is -2.13. The van der Waals surface area contributed by atoms with Gasteiger partial charge in [-0.3, -0.25) is 5.10 Å². The standard InChI is InChI=1S/C18H19BrN4O3/c1-3-26-14-7-4-10(8-15(14)25-2)16(20)18-21-17(22-23-18)12-9-11(19)5-6-13(12)24/h4-9,16,24H,3,20H2,1-2H3,(H,21,22,23)/t16-/m0/s1. The molecular formula is C18H19BrN4O3. The van der Waals surface area contributed by atoms with E-state index < -0.39 is 6.04 Å². The number of nitrogens with one attached hydrogen (secondary N) is 1. The molecule has 0 spiro atoms. The molecule has 3 rings (SSSR count). The molecule has 7 nitrogen and oxygen atoms in total. The van der Waals surface area contributed by atoms with Crippen molar-refractivity contribution in [1.29, 1.82) is 0 Å². The molecule has 0 aliphatic rings. The average molecular weight is 419 g/mol. The van der Waals surface area contributed by atoms with Crippen molar-refractivity contribution in [2.75, 3.05) is 13.7 Å². The highest BCUT2D eigenvalue weighted by atomic mass is 79.9. The van der Waals surface area contributed by atoms with Crippen LogP contribution in [0.1, 0.15) is 24.4 Å². The number of aromatic nitrogens is 3. The third-order valence-electron chi connectivity index (χ3n) is 3.84. The van der Waals surface area contributed by atoms with Gasteiger partial charge in [0.1, 0.15) is 11.6 Å².